The molecule has 2 aromatic heterocycles. The summed E-state index contributed by atoms with van der Waals surface area (Å²) in [6, 6.07) is 11.1. The molecule has 3 aromatic rings. The molecule has 3 atom stereocenters. The number of hydrogen-bond acceptors (Lipinski definition) is 8. The van der Waals surface area contributed by atoms with Crippen LogP contribution in [0.5, 0.6) is 0 Å². The fraction of sp³-hybridized carbons (Fsp3) is 0.278. The first-order valence-corrected chi connectivity index (χ1v) is 8.42. The van der Waals surface area contributed by atoms with Gasteiger partial charge in [-0.25, -0.2) is 4.79 Å². The molecule has 1 aliphatic rings. The van der Waals surface area contributed by atoms with Crippen molar-refractivity contribution in [2.75, 3.05) is 12.3 Å². The summed E-state index contributed by atoms with van der Waals surface area (Å²) in [5.41, 5.74) is 6.98. The average Bonchev–Trinajstić information content (AvgIpc) is 3.29. The van der Waals surface area contributed by atoms with Crippen molar-refractivity contribution in [3.63, 3.8) is 0 Å². The molecular formula is C18H18N4O5. The summed E-state index contributed by atoms with van der Waals surface area (Å²) >= 11 is 0. The standard InChI is InChI=1S/C18H18N4O5/c19-17-11(12-6-14(27-21-12)10-4-2-1-3-5-10)8-22(18(25)20-17)16-7-13(24)15(9-23)26-16/h1-6,8,13,15-16,23-24H,7,9H2,(H2,19,20,25)/t13-,15+,16+/m0/s1. The first kappa shape index (κ1) is 17.4. The van der Waals surface area contributed by atoms with Gasteiger partial charge in [0.15, 0.2) is 5.76 Å². The second kappa shape index (κ2) is 6.95. The Hall–Kier alpha value is -3.01. The van der Waals surface area contributed by atoms with E-state index in [2.05, 4.69) is 10.1 Å². The predicted molar refractivity (Wildman–Crippen MR) is 95.5 cm³/mol. The number of benzene rings is 1. The van der Waals surface area contributed by atoms with Crippen molar-refractivity contribution in [1.82, 2.24) is 14.7 Å². The Labute approximate surface area is 153 Å². The first-order valence-electron chi connectivity index (χ1n) is 8.42. The van der Waals surface area contributed by atoms with Crippen molar-refractivity contribution in [1.29, 1.82) is 0 Å². The highest BCUT2D eigenvalue weighted by Crippen LogP contribution is 2.31. The van der Waals surface area contributed by atoms with Gasteiger partial charge in [-0.05, 0) is 0 Å². The number of ether oxygens (including phenoxy) is 1. The normalized spacial score (nSPS) is 22.2. The molecule has 1 aromatic carbocycles. The summed E-state index contributed by atoms with van der Waals surface area (Å²) in [4.78, 5) is 16.1. The van der Waals surface area contributed by atoms with E-state index < -0.39 is 24.1 Å². The van der Waals surface area contributed by atoms with Gasteiger partial charge in [-0.15, -0.1) is 0 Å². The highest BCUT2D eigenvalue weighted by atomic mass is 16.5. The van der Waals surface area contributed by atoms with E-state index in [0.717, 1.165) is 5.56 Å². The third kappa shape index (κ3) is 3.23. The zero-order valence-corrected chi connectivity index (χ0v) is 14.2. The smallest absolute Gasteiger partial charge is 0.351 e. The summed E-state index contributed by atoms with van der Waals surface area (Å²) < 4.78 is 12.2. The van der Waals surface area contributed by atoms with Gasteiger partial charge in [-0.1, -0.05) is 35.5 Å². The summed E-state index contributed by atoms with van der Waals surface area (Å²) in [6.45, 7) is -0.342. The molecule has 0 amide bonds. The Bertz CT molecular complexity index is 1000. The molecule has 140 valence electrons. The number of rotatable bonds is 4. The SMILES string of the molecule is Nc1nc(=O)n([C@H]2C[C@H](O)[C@@H](CO)O2)cc1-c1cc(-c2ccccc2)on1. The van der Waals surface area contributed by atoms with Crippen LogP contribution in [0.4, 0.5) is 5.82 Å². The van der Waals surface area contributed by atoms with Crippen LogP contribution in [-0.4, -0.2) is 43.7 Å². The minimum atomic E-state index is -0.871. The minimum Gasteiger partial charge on any atom is -0.394 e. The van der Waals surface area contributed by atoms with Crippen molar-refractivity contribution in [3.05, 3.63) is 53.1 Å². The highest BCUT2D eigenvalue weighted by Gasteiger charge is 2.35. The molecule has 3 heterocycles. The maximum Gasteiger partial charge on any atom is 0.351 e. The Kier molecular flexibility index (Phi) is 4.48. The van der Waals surface area contributed by atoms with Crippen molar-refractivity contribution in [2.45, 2.75) is 24.9 Å². The number of aliphatic hydroxyl groups excluding tert-OH is 2. The van der Waals surface area contributed by atoms with Gasteiger partial charge >= 0.3 is 5.69 Å². The molecule has 1 aliphatic heterocycles. The van der Waals surface area contributed by atoms with Crippen LogP contribution >= 0.6 is 0 Å². The number of nitrogen functional groups attached to an aromatic ring is 1. The fourth-order valence-electron chi connectivity index (χ4n) is 3.08. The molecule has 9 heteroatoms. The van der Waals surface area contributed by atoms with Crippen LogP contribution in [0.1, 0.15) is 12.6 Å². The van der Waals surface area contributed by atoms with Crippen LogP contribution in [-0.2, 0) is 4.74 Å². The van der Waals surface area contributed by atoms with Gasteiger partial charge in [0.2, 0.25) is 0 Å². The van der Waals surface area contributed by atoms with Crippen LogP contribution in [0.25, 0.3) is 22.6 Å². The van der Waals surface area contributed by atoms with Gasteiger partial charge in [-0.2, -0.15) is 4.98 Å². The molecule has 27 heavy (non-hydrogen) atoms. The largest absolute Gasteiger partial charge is 0.394 e. The predicted octanol–water partition coefficient (Wildman–Crippen LogP) is 0.788. The van der Waals surface area contributed by atoms with Crippen molar-refractivity contribution >= 4 is 5.82 Å². The Morgan fingerprint density at radius 2 is 2.07 bits per heavy atom. The number of nitrogens with two attached hydrogens (primary N) is 1. The molecule has 0 aliphatic carbocycles. The third-order valence-electron chi connectivity index (χ3n) is 4.52. The number of anilines is 1. The lowest BCUT2D eigenvalue weighted by molar-refractivity contribution is -0.0458. The van der Waals surface area contributed by atoms with E-state index >= 15 is 0 Å². The summed E-state index contributed by atoms with van der Waals surface area (Å²) in [6.07, 6.45) is -0.736. The lowest BCUT2D eigenvalue weighted by atomic mass is 10.1. The Morgan fingerprint density at radius 1 is 1.30 bits per heavy atom. The summed E-state index contributed by atoms with van der Waals surface area (Å²) in [7, 11) is 0. The first-order chi connectivity index (χ1) is 13.1. The van der Waals surface area contributed by atoms with Gasteiger partial charge in [0.05, 0.1) is 18.3 Å². The van der Waals surface area contributed by atoms with E-state index in [1.54, 1.807) is 6.07 Å². The molecule has 4 rings (SSSR count). The molecule has 1 saturated heterocycles. The zero-order valence-electron chi connectivity index (χ0n) is 14.2. The molecule has 0 bridgehead atoms. The van der Waals surface area contributed by atoms with Gasteiger partial charge in [0, 0.05) is 24.2 Å². The van der Waals surface area contributed by atoms with Crippen LogP contribution in [0.2, 0.25) is 0 Å². The second-order valence-corrected chi connectivity index (χ2v) is 6.29. The maximum atomic E-state index is 12.2. The molecule has 4 N–H and O–H groups in total. The highest BCUT2D eigenvalue weighted by molar-refractivity contribution is 5.73. The molecular weight excluding hydrogens is 352 g/mol. The fourth-order valence-corrected chi connectivity index (χ4v) is 3.08. The lowest BCUT2D eigenvalue weighted by Crippen LogP contribution is -2.28. The van der Waals surface area contributed by atoms with Crippen LogP contribution in [0.3, 0.4) is 0 Å². The van der Waals surface area contributed by atoms with Crippen molar-refractivity contribution in [3.8, 4) is 22.6 Å². The minimum absolute atomic E-state index is 0.0152. The quantitative estimate of drug-likeness (QED) is 0.613. The van der Waals surface area contributed by atoms with Crippen molar-refractivity contribution < 1.29 is 19.5 Å². The third-order valence-corrected chi connectivity index (χ3v) is 4.52. The second-order valence-electron chi connectivity index (χ2n) is 6.29. The molecule has 0 spiro atoms. The monoisotopic (exact) mass is 370 g/mol. The summed E-state index contributed by atoms with van der Waals surface area (Å²) in [5, 5.41) is 23.2. The molecule has 1 fully saturated rings. The molecule has 0 saturated carbocycles. The van der Waals surface area contributed by atoms with E-state index in [1.165, 1.54) is 10.8 Å². The van der Waals surface area contributed by atoms with Gasteiger partial charge in [0.1, 0.15) is 23.8 Å². The summed E-state index contributed by atoms with van der Waals surface area (Å²) in [5.74, 6) is 0.567. The zero-order chi connectivity index (χ0) is 19.0. The Balaban J connectivity index is 1.70. The topological polar surface area (TPSA) is 137 Å². The molecule has 0 unspecified atom stereocenters. The molecule has 9 nitrogen and oxygen atoms in total. The van der Waals surface area contributed by atoms with Gasteiger partial charge in [0.25, 0.3) is 0 Å². The number of hydrogen-bond donors (Lipinski definition) is 3. The average molecular weight is 370 g/mol. The van der Waals surface area contributed by atoms with Crippen LogP contribution in [0.15, 0.2) is 51.9 Å². The molecule has 0 radical (unpaired) electrons. The van der Waals surface area contributed by atoms with E-state index in [4.69, 9.17) is 15.0 Å². The van der Waals surface area contributed by atoms with Gasteiger partial charge in [-0.3, -0.25) is 4.57 Å². The van der Waals surface area contributed by atoms with E-state index in [9.17, 15) is 15.0 Å². The van der Waals surface area contributed by atoms with E-state index in [-0.39, 0.29) is 18.8 Å². The van der Waals surface area contributed by atoms with E-state index in [0.29, 0.717) is 17.0 Å². The maximum absolute atomic E-state index is 12.2. The lowest BCUT2D eigenvalue weighted by Gasteiger charge is -2.15. The van der Waals surface area contributed by atoms with Gasteiger partial charge < -0.3 is 25.2 Å². The van der Waals surface area contributed by atoms with Crippen LogP contribution in [0, 0.1) is 0 Å². The van der Waals surface area contributed by atoms with E-state index in [1.807, 2.05) is 30.3 Å². The van der Waals surface area contributed by atoms with Crippen LogP contribution < -0.4 is 11.4 Å². The van der Waals surface area contributed by atoms with Crippen molar-refractivity contribution in [2.24, 2.45) is 0 Å². The number of aromatic nitrogens is 3. The Morgan fingerprint density at radius 3 is 2.78 bits per heavy atom. The number of aliphatic hydroxyl groups is 2. The number of nitrogens with zero attached hydrogens (tertiary/aromatic N) is 3.